The highest BCUT2D eigenvalue weighted by atomic mass is 35.5. The highest BCUT2D eigenvalue weighted by Gasteiger charge is 2.25. The molecule has 0 aliphatic carbocycles. The van der Waals surface area contributed by atoms with Gasteiger partial charge in [0.05, 0.1) is 24.5 Å². The molecule has 1 aliphatic heterocycles. The molecule has 106 valence electrons. The summed E-state index contributed by atoms with van der Waals surface area (Å²) in [7, 11) is 0. The summed E-state index contributed by atoms with van der Waals surface area (Å²) in [6.07, 6.45) is 4.31. The van der Waals surface area contributed by atoms with Crippen LogP contribution in [0.1, 0.15) is 35.9 Å². The van der Waals surface area contributed by atoms with E-state index in [4.69, 9.17) is 20.8 Å². The molecule has 1 amide bonds. The molecule has 0 aromatic carbocycles. The van der Waals surface area contributed by atoms with Gasteiger partial charge in [-0.1, -0.05) is 6.92 Å². The van der Waals surface area contributed by atoms with Crippen molar-refractivity contribution in [1.29, 1.82) is 0 Å². The standard InChI is InChI=1S/C14H20ClNO3/c1-2-13-12(5-9-19-13)14(17)16-7-3-11(4-8-16)18-10-6-15/h5,9,11H,2-4,6-8,10H2,1H3. The van der Waals surface area contributed by atoms with Gasteiger partial charge in [-0.2, -0.15) is 0 Å². The predicted octanol–water partition coefficient (Wildman–Crippen LogP) is 2.70. The van der Waals surface area contributed by atoms with Crippen LogP contribution in [0.25, 0.3) is 0 Å². The number of rotatable bonds is 5. The van der Waals surface area contributed by atoms with Crippen molar-refractivity contribution in [2.75, 3.05) is 25.6 Å². The minimum absolute atomic E-state index is 0.0707. The molecule has 1 saturated heterocycles. The second kappa shape index (κ2) is 6.96. The van der Waals surface area contributed by atoms with Crippen molar-refractivity contribution in [2.24, 2.45) is 0 Å². The second-order valence-electron chi connectivity index (χ2n) is 4.66. The molecule has 4 nitrogen and oxygen atoms in total. The molecule has 1 aromatic rings. The quantitative estimate of drug-likeness (QED) is 0.781. The number of hydrogen-bond donors (Lipinski definition) is 0. The average Bonchev–Trinajstić information content (AvgIpc) is 2.93. The van der Waals surface area contributed by atoms with Gasteiger partial charge < -0.3 is 14.1 Å². The fraction of sp³-hybridized carbons (Fsp3) is 0.643. The molecular formula is C14H20ClNO3. The van der Waals surface area contributed by atoms with Crippen LogP contribution in [-0.4, -0.2) is 42.5 Å². The minimum atomic E-state index is 0.0707. The first kappa shape index (κ1) is 14.4. The lowest BCUT2D eigenvalue weighted by Crippen LogP contribution is -2.41. The van der Waals surface area contributed by atoms with E-state index in [1.807, 2.05) is 11.8 Å². The van der Waals surface area contributed by atoms with Crippen LogP contribution in [0.5, 0.6) is 0 Å². The minimum Gasteiger partial charge on any atom is -0.469 e. The monoisotopic (exact) mass is 285 g/mol. The number of hydrogen-bond acceptors (Lipinski definition) is 3. The van der Waals surface area contributed by atoms with E-state index in [0.717, 1.165) is 38.1 Å². The average molecular weight is 286 g/mol. The van der Waals surface area contributed by atoms with Crippen LogP contribution >= 0.6 is 11.6 Å². The number of alkyl halides is 1. The maximum Gasteiger partial charge on any atom is 0.257 e. The van der Waals surface area contributed by atoms with E-state index in [1.54, 1.807) is 12.3 Å². The van der Waals surface area contributed by atoms with E-state index < -0.39 is 0 Å². The van der Waals surface area contributed by atoms with Gasteiger partial charge in [0.2, 0.25) is 0 Å². The number of nitrogens with zero attached hydrogens (tertiary/aromatic N) is 1. The summed E-state index contributed by atoms with van der Waals surface area (Å²) in [6, 6.07) is 1.76. The first-order valence-corrected chi connectivity index (χ1v) is 7.33. The lowest BCUT2D eigenvalue weighted by Gasteiger charge is -2.31. The Kier molecular flexibility index (Phi) is 5.28. The maximum absolute atomic E-state index is 12.4. The summed E-state index contributed by atoms with van der Waals surface area (Å²) in [4.78, 5) is 14.2. The van der Waals surface area contributed by atoms with Gasteiger partial charge in [0.15, 0.2) is 0 Å². The fourth-order valence-electron chi connectivity index (χ4n) is 2.41. The number of likely N-dealkylation sites (tertiary alicyclic amines) is 1. The summed E-state index contributed by atoms with van der Waals surface area (Å²) in [5.74, 6) is 1.36. The van der Waals surface area contributed by atoms with Gasteiger partial charge >= 0.3 is 0 Å². The Hall–Kier alpha value is -1.00. The molecule has 0 radical (unpaired) electrons. The molecule has 0 atom stereocenters. The highest BCUT2D eigenvalue weighted by molar-refractivity contribution is 6.17. The van der Waals surface area contributed by atoms with E-state index in [-0.39, 0.29) is 12.0 Å². The smallest absolute Gasteiger partial charge is 0.257 e. The lowest BCUT2D eigenvalue weighted by atomic mass is 10.1. The van der Waals surface area contributed by atoms with E-state index in [1.165, 1.54) is 0 Å². The van der Waals surface area contributed by atoms with Crippen LogP contribution < -0.4 is 0 Å². The molecule has 2 heterocycles. The van der Waals surface area contributed by atoms with Crippen LogP contribution in [0.15, 0.2) is 16.7 Å². The van der Waals surface area contributed by atoms with Gasteiger partial charge in [-0.05, 0) is 18.9 Å². The molecule has 5 heteroatoms. The zero-order valence-corrected chi connectivity index (χ0v) is 12.0. The number of aryl methyl sites for hydroxylation is 1. The van der Waals surface area contributed by atoms with Crippen LogP contribution in [0.4, 0.5) is 0 Å². The van der Waals surface area contributed by atoms with E-state index in [0.29, 0.717) is 18.1 Å². The number of amides is 1. The zero-order chi connectivity index (χ0) is 13.7. The Morgan fingerprint density at radius 3 is 2.89 bits per heavy atom. The normalized spacial score (nSPS) is 16.8. The first-order valence-electron chi connectivity index (χ1n) is 6.79. The summed E-state index contributed by atoms with van der Waals surface area (Å²) in [5, 5.41) is 0. The molecule has 1 fully saturated rings. The number of carbonyl (C=O) groups is 1. The van der Waals surface area contributed by atoms with Crippen molar-refractivity contribution >= 4 is 17.5 Å². The predicted molar refractivity (Wildman–Crippen MR) is 73.7 cm³/mol. The molecule has 1 aromatic heterocycles. The molecular weight excluding hydrogens is 266 g/mol. The van der Waals surface area contributed by atoms with Crippen molar-refractivity contribution in [3.05, 3.63) is 23.7 Å². The van der Waals surface area contributed by atoms with Gasteiger partial charge in [0.1, 0.15) is 5.76 Å². The van der Waals surface area contributed by atoms with E-state index in [9.17, 15) is 4.79 Å². The highest BCUT2D eigenvalue weighted by Crippen LogP contribution is 2.19. The number of carbonyl (C=O) groups excluding carboxylic acids is 1. The van der Waals surface area contributed by atoms with Crippen LogP contribution in [-0.2, 0) is 11.2 Å². The van der Waals surface area contributed by atoms with Crippen molar-refractivity contribution in [1.82, 2.24) is 4.90 Å². The lowest BCUT2D eigenvalue weighted by molar-refractivity contribution is 0.0153. The van der Waals surface area contributed by atoms with Crippen molar-refractivity contribution in [3.63, 3.8) is 0 Å². The Morgan fingerprint density at radius 1 is 1.53 bits per heavy atom. The van der Waals surface area contributed by atoms with Gasteiger partial charge in [0.25, 0.3) is 5.91 Å². The molecule has 0 N–H and O–H groups in total. The van der Waals surface area contributed by atoms with Gasteiger partial charge in [-0.3, -0.25) is 4.79 Å². The van der Waals surface area contributed by atoms with Crippen molar-refractivity contribution in [3.8, 4) is 0 Å². The largest absolute Gasteiger partial charge is 0.469 e. The third-order valence-corrected chi connectivity index (χ3v) is 3.61. The fourth-order valence-corrected chi connectivity index (χ4v) is 2.50. The molecule has 1 aliphatic rings. The van der Waals surface area contributed by atoms with Gasteiger partial charge in [0, 0.05) is 25.4 Å². The Balaban J connectivity index is 1.89. The SMILES string of the molecule is CCc1occc1C(=O)N1CCC(OCCCl)CC1. The van der Waals surface area contributed by atoms with Crippen LogP contribution in [0.2, 0.25) is 0 Å². The maximum atomic E-state index is 12.4. The summed E-state index contributed by atoms with van der Waals surface area (Å²) >= 11 is 5.60. The Morgan fingerprint density at radius 2 is 2.26 bits per heavy atom. The number of furan rings is 1. The van der Waals surface area contributed by atoms with Gasteiger partial charge in [-0.25, -0.2) is 0 Å². The molecule has 0 spiro atoms. The number of ether oxygens (including phenoxy) is 1. The summed E-state index contributed by atoms with van der Waals surface area (Å²) < 4.78 is 10.9. The summed E-state index contributed by atoms with van der Waals surface area (Å²) in [6.45, 7) is 4.05. The number of halogens is 1. The topological polar surface area (TPSA) is 42.7 Å². The third kappa shape index (κ3) is 3.51. The van der Waals surface area contributed by atoms with Gasteiger partial charge in [-0.15, -0.1) is 11.6 Å². The molecule has 0 bridgehead atoms. The molecule has 0 unspecified atom stereocenters. The Labute approximate surface area is 118 Å². The molecule has 2 rings (SSSR count). The zero-order valence-electron chi connectivity index (χ0n) is 11.2. The van der Waals surface area contributed by atoms with Crippen LogP contribution in [0.3, 0.4) is 0 Å². The van der Waals surface area contributed by atoms with Crippen LogP contribution in [0, 0.1) is 0 Å². The number of piperidine rings is 1. The molecule has 0 saturated carbocycles. The molecule has 19 heavy (non-hydrogen) atoms. The third-order valence-electron chi connectivity index (χ3n) is 3.46. The summed E-state index contributed by atoms with van der Waals surface area (Å²) in [5.41, 5.74) is 0.697. The second-order valence-corrected chi connectivity index (χ2v) is 5.04. The van der Waals surface area contributed by atoms with Crippen molar-refractivity contribution in [2.45, 2.75) is 32.3 Å². The van der Waals surface area contributed by atoms with Crippen molar-refractivity contribution < 1.29 is 13.9 Å². The Bertz CT molecular complexity index is 411. The van der Waals surface area contributed by atoms with E-state index >= 15 is 0 Å². The van der Waals surface area contributed by atoms with E-state index in [2.05, 4.69) is 0 Å². The first-order chi connectivity index (χ1) is 9.26.